The van der Waals surface area contributed by atoms with Crippen LogP contribution in [-0.2, 0) is 13.0 Å². The molecule has 3 nitrogen and oxygen atoms in total. The highest BCUT2D eigenvalue weighted by molar-refractivity contribution is 6.42. The predicted molar refractivity (Wildman–Crippen MR) is 35.8 cm³/mol. The lowest BCUT2D eigenvalue weighted by Crippen LogP contribution is -2.25. The van der Waals surface area contributed by atoms with E-state index in [4.69, 9.17) is 13.0 Å². The Labute approximate surface area is 60.8 Å². The van der Waals surface area contributed by atoms with E-state index in [1.54, 1.807) is 0 Å². The Morgan fingerprint density at radius 1 is 1.22 bits per heavy atom. The molecule has 0 atom stereocenters. The Kier molecular flexibility index (Phi) is 6.66. The highest BCUT2D eigenvalue weighted by Crippen LogP contribution is 1.87. The molecule has 0 aromatic rings. The van der Waals surface area contributed by atoms with Crippen LogP contribution in [0.4, 0.5) is 0 Å². The standard InChI is InChI=1S/C4H10O3Si2/c1-3-5-9(7-8)6-4-2/h3-4H2,1-2H3. The van der Waals surface area contributed by atoms with Gasteiger partial charge in [0, 0.05) is 13.2 Å². The first-order chi connectivity index (χ1) is 4.35. The molecule has 0 amide bonds. The minimum Gasteiger partial charge on any atom is -0.413 e. The van der Waals surface area contributed by atoms with Crippen LogP contribution < -0.4 is 0 Å². The van der Waals surface area contributed by atoms with Crippen molar-refractivity contribution in [2.75, 3.05) is 13.2 Å². The van der Waals surface area contributed by atoms with Crippen LogP contribution in [0.2, 0.25) is 0 Å². The van der Waals surface area contributed by atoms with Crippen molar-refractivity contribution >= 4 is 20.0 Å². The number of rotatable bonds is 5. The Morgan fingerprint density at radius 2 is 1.67 bits per heavy atom. The van der Waals surface area contributed by atoms with Crippen LogP contribution in [0.1, 0.15) is 13.8 Å². The minimum absolute atomic E-state index is 0.624. The third-order valence-corrected chi connectivity index (χ3v) is 2.32. The van der Waals surface area contributed by atoms with Crippen molar-refractivity contribution in [3.8, 4) is 0 Å². The zero-order valence-corrected chi connectivity index (χ0v) is 7.64. The molecule has 0 heterocycles. The quantitative estimate of drug-likeness (QED) is 0.538. The van der Waals surface area contributed by atoms with Gasteiger partial charge in [-0.05, 0) is 13.8 Å². The van der Waals surface area contributed by atoms with E-state index in [-0.39, 0.29) is 0 Å². The maximum absolute atomic E-state index is 5.04. The van der Waals surface area contributed by atoms with E-state index in [2.05, 4.69) is 10.5 Å². The van der Waals surface area contributed by atoms with Crippen LogP contribution in [-0.4, -0.2) is 33.2 Å². The van der Waals surface area contributed by atoms with Crippen LogP contribution in [0, 0.1) is 0 Å². The first-order valence-electron chi connectivity index (χ1n) is 2.81. The first kappa shape index (κ1) is 9.31. The average Bonchev–Trinajstić information content (AvgIpc) is 1.88. The van der Waals surface area contributed by atoms with E-state index in [0.29, 0.717) is 13.2 Å². The summed E-state index contributed by atoms with van der Waals surface area (Å²) in [5, 5.41) is 0. The summed E-state index contributed by atoms with van der Waals surface area (Å²) < 4.78 is 14.8. The Balaban J connectivity index is 3.18. The summed E-state index contributed by atoms with van der Waals surface area (Å²) in [6.07, 6.45) is 0. The van der Waals surface area contributed by atoms with E-state index < -0.39 is 9.53 Å². The topological polar surface area (TPSA) is 27.7 Å². The van der Waals surface area contributed by atoms with Gasteiger partial charge in [-0.3, -0.25) is 0 Å². The summed E-state index contributed by atoms with van der Waals surface area (Å²) in [5.74, 6) is 0. The van der Waals surface area contributed by atoms with Gasteiger partial charge in [-0.2, -0.15) is 0 Å². The van der Waals surface area contributed by atoms with Crippen molar-refractivity contribution in [3.05, 3.63) is 0 Å². The molecule has 4 radical (unpaired) electrons. The Bertz CT molecular complexity index is 55.8. The fourth-order valence-corrected chi connectivity index (χ4v) is 1.36. The Morgan fingerprint density at radius 3 is 1.89 bits per heavy atom. The molecule has 9 heavy (non-hydrogen) atoms. The van der Waals surface area contributed by atoms with Crippen LogP contribution in [0.15, 0.2) is 0 Å². The van der Waals surface area contributed by atoms with Gasteiger partial charge in [0.2, 0.25) is 10.5 Å². The maximum Gasteiger partial charge on any atom is 0.566 e. The van der Waals surface area contributed by atoms with Crippen LogP contribution in [0.5, 0.6) is 0 Å². The second-order valence-electron chi connectivity index (χ2n) is 1.22. The van der Waals surface area contributed by atoms with Crippen molar-refractivity contribution in [1.29, 1.82) is 0 Å². The smallest absolute Gasteiger partial charge is 0.413 e. The fraction of sp³-hybridized carbons (Fsp3) is 1.00. The lowest BCUT2D eigenvalue weighted by molar-refractivity contribution is 0.157. The first-order valence-corrected chi connectivity index (χ1v) is 4.44. The third-order valence-electron chi connectivity index (χ3n) is 0.608. The highest BCUT2D eigenvalue weighted by Gasteiger charge is 2.13. The average molecular weight is 162 g/mol. The van der Waals surface area contributed by atoms with Gasteiger partial charge >= 0.3 is 9.53 Å². The largest absolute Gasteiger partial charge is 0.566 e. The van der Waals surface area contributed by atoms with E-state index in [1.165, 1.54) is 0 Å². The van der Waals surface area contributed by atoms with Crippen molar-refractivity contribution in [1.82, 2.24) is 0 Å². The second kappa shape index (κ2) is 6.43. The lowest BCUT2D eigenvalue weighted by Gasteiger charge is -2.08. The minimum atomic E-state index is -1.47. The number of hydrogen-bond donors (Lipinski definition) is 0. The van der Waals surface area contributed by atoms with Crippen molar-refractivity contribution < 1.29 is 13.0 Å². The summed E-state index contributed by atoms with van der Waals surface area (Å²) in [4.78, 5) is 0. The van der Waals surface area contributed by atoms with Crippen molar-refractivity contribution in [3.63, 3.8) is 0 Å². The summed E-state index contributed by atoms with van der Waals surface area (Å²) in [6.45, 7) is 5.04. The SMILES string of the molecule is CCO[Si](O[Si])OCC. The zero-order valence-electron chi connectivity index (χ0n) is 5.64. The second-order valence-corrected chi connectivity index (χ2v) is 3.11. The molecule has 52 valence electrons. The van der Waals surface area contributed by atoms with Crippen LogP contribution in [0.3, 0.4) is 0 Å². The van der Waals surface area contributed by atoms with E-state index in [1.807, 2.05) is 13.8 Å². The van der Waals surface area contributed by atoms with Gasteiger partial charge in [-0.25, -0.2) is 0 Å². The fourth-order valence-electron chi connectivity index (χ4n) is 0.336. The maximum atomic E-state index is 5.04. The van der Waals surface area contributed by atoms with Crippen LogP contribution in [0.25, 0.3) is 0 Å². The van der Waals surface area contributed by atoms with Gasteiger partial charge in [0.15, 0.2) is 0 Å². The summed E-state index contributed by atoms with van der Waals surface area (Å²) >= 11 is 0. The molecule has 0 N–H and O–H groups in total. The molecule has 0 aliphatic rings. The van der Waals surface area contributed by atoms with Gasteiger partial charge in [0.25, 0.3) is 0 Å². The zero-order chi connectivity index (χ0) is 7.11. The lowest BCUT2D eigenvalue weighted by atomic mass is 10.9. The molecular weight excluding hydrogens is 152 g/mol. The highest BCUT2D eigenvalue weighted by atomic mass is 28.4. The molecule has 0 saturated heterocycles. The molecule has 0 fully saturated rings. The van der Waals surface area contributed by atoms with Gasteiger partial charge in [-0.1, -0.05) is 0 Å². The molecule has 0 aromatic carbocycles. The van der Waals surface area contributed by atoms with Gasteiger partial charge < -0.3 is 13.0 Å². The van der Waals surface area contributed by atoms with E-state index >= 15 is 0 Å². The molecule has 0 aromatic heterocycles. The molecule has 5 heteroatoms. The molecule has 0 saturated carbocycles. The number of hydrogen-bond acceptors (Lipinski definition) is 3. The van der Waals surface area contributed by atoms with E-state index in [0.717, 1.165) is 0 Å². The molecular formula is C4H10O3Si2. The molecule has 0 aliphatic heterocycles. The van der Waals surface area contributed by atoms with E-state index in [9.17, 15) is 0 Å². The normalized spacial score (nSPS) is 10.7. The summed E-state index contributed by atoms with van der Waals surface area (Å²) in [7, 11) is 1.39. The molecule has 0 rings (SSSR count). The monoisotopic (exact) mass is 162 g/mol. The summed E-state index contributed by atoms with van der Waals surface area (Å²) in [6, 6.07) is 0. The van der Waals surface area contributed by atoms with Crippen molar-refractivity contribution in [2.45, 2.75) is 13.8 Å². The van der Waals surface area contributed by atoms with Gasteiger partial charge in [-0.15, -0.1) is 0 Å². The predicted octanol–water partition coefficient (Wildman–Crippen LogP) is 0.144. The molecule has 0 unspecified atom stereocenters. The molecule has 0 bridgehead atoms. The van der Waals surface area contributed by atoms with Crippen molar-refractivity contribution in [2.24, 2.45) is 0 Å². The summed E-state index contributed by atoms with van der Waals surface area (Å²) in [5.41, 5.74) is 0. The molecule has 0 spiro atoms. The molecule has 0 aliphatic carbocycles. The Hall–Kier alpha value is 0.314. The third kappa shape index (κ3) is 4.79. The van der Waals surface area contributed by atoms with Gasteiger partial charge in [0.1, 0.15) is 0 Å². The van der Waals surface area contributed by atoms with Crippen LogP contribution >= 0.6 is 0 Å². The van der Waals surface area contributed by atoms with Gasteiger partial charge in [0.05, 0.1) is 0 Å².